The molecule has 1 aliphatic carbocycles. The number of hydrogen-bond acceptors (Lipinski definition) is 3. The van der Waals surface area contributed by atoms with Gasteiger partial charge in [-0.1, -0.05) is 6.42 Å². The predicted octanol–water partition coefficient (Wildman–Crippen LogP) is 1.58. The molecule has 1 unspecified atom stereocenters. The van der Waals surface area contributed by atoms with Gasteiger partial charge in [0.1, 0.15) is 0 Å². The Labute approximate surface area is 140 Å². The van der Waals surface area contributed by atoms with Crippen molar-refractivity contribution in [2.24, 2.45) is 11.8 Å². The van der Waals surface area contributed by atoms with Crippen molar-refractivity contribution < 1.29 is 9.59 Å². The van der Waals surface area contributed by atoms with Crippen molar-refractivity contribution in [3.05, 3.63) is 0 Å². The van der Waals surface area contributed by atoms with Gasteiger partial charge in [0, 0.05) is 57.6 Å². The van der Waals surface area contributed by atoms with Crippen LogP contribution in [0.3, 0.4) is 0 Å². The van der Waals surface area contributed by atoms with Gasteiger partial charge in [0.2, 0.25) is 11.8 Å². The molecule has 23 heavy (non-hydrogen) atoms. The van der Waals surface area contributed by atoms with Crippen LogP contribution in [0.5, 0.6) is 0 Å². The zero-order valence-electron chi connectivity index (χ0n) is 14.7. The summed E-state index contributed by atoms with van der Waals surface area (Å²) in [4.78, 5) is 30.8. The highest BCUT2D eigenvalue weighted by Gasteiger charge is 2.33. The molecular weight excluding hydrogens is 290 g/mol. The summed E-state index contributed by atoms with van der Waals surface area (Å²) in [5.41, 5.74) is 0. The number of hydrogen-bond donors (Lipinski definition) is 0. The van der Waals surface area contributed by atoms with Crippen molar-refractivity contribution >= 4 is 11.8 Å². The number of nitrogens with zero attached hydrogens (tertiary/aromatic N) is 3. The zero-order valence-corrected chi connectivity index (χ0v) is 14.7. The maximum Gasteiger partial charge on any atom is 0.225 e. The number of amides is 2. The van der Waals surface area contributed by atoms with Crippen LogP contribution in [0, 0.1) is 11.8 Å². The van der Waals surface area contributed by atoms with Crippen molar-refractivity contribution in [1.82, 2.24) is 14.7 Å². The molecule has 2 saturated heterocycles. The van der Waals surface area contributed by atoms with Crippen molar-refractivity contribution in [3.8, 4) is 0 Å². The highest BCUT2D eigenvalue weighted by molar-refractivity contribution is 5.79. The van der Waals surface area contributed by atoms with Gasteiger partial charge in [-0.05, 0) is 39.0 Å². The van der Waals surface area contributed by atoms with Crippen LogP contribution in [0.15, 0.2) is 0 Å². The standard InChI is InChI=1S/C18H31N3O2/c1-14(2)21-13-15(6-7-17(21)22)12-19-8-10-20(11-9-19)18(23)16-4-3-5-16/h14-16H,3-13H2,1-2H3. The maximum absolute atomic E-state index is 12.3. The minimum Gasteiger partial charge on any atom is -0.340 e. The van der Waals surface area contributed by atoms with E-state index < -0.39 is 0 Å². The second-order valence-corrected chi connectivity index (χ2v) is 7.80. The lowest BCUT2D eigenvalue weighted by Crippen LogP contribution is -2.53. The molecule has 0 spiro atoms. The summed E-state index contributed by atoms with van der Waals surface area (Å²) in [6.45, 7) is 9.93. The van der Waals surface area contributed by atoms with Crippen molar-refractivity contribution in [1.29, 1.82) is 0 Å². The first-order chi connectivity index (χ1) is 11.0. The molecule has 1 saturated carbocycles. The molecule has 0 aromatic rings. The third-order valence-corrected chi connectivity index (χ3v) is 5.82. The van der Waals surface area contributed by atoms with Crippen LogP contribution in [-0.2, 0) is 9.59 Å². The van der Waals surface area contributed by atoms with E-state index in [0.29, 0.717) is 36.1 Å². The van der Waals surface area contributed by atoms with Crippen molar-refractivity contribution in [3.63, 3.8) is 0 Å². The fourth-order valence-electron chi connectivity index (χ4n) is 4.02. The molecule has 5 heteroatoms. The summed E-state index contributed by atoms with van der Waals surface area (Å²) in [6, 6.07) is 0.308. The van der Waals surface area contributed by atoms with E-state index >= 15 is 0 Å². The van der Waals surface area contributed by atoms with E-state index in [2.05, 4.69) is 23.6 Å². The Bertz CT molecular complexity index is 440. The van der Waals surface area contributed by atoms with Crippen LogP contribution in [0.1, 0.15) is 46.0 Å². The first-order valence-electron chi connectivity index (χ1n) is 9.35. The number of piperazine rings is 1. The predicted molar refractivity (Wildman–Crippen MR) is 89.9 cm³/mol. The summed E-state index contributed by atoms with van der Waals surface area (Å²) in [7, 11) is 0. The summed E-state index contributed by atoms with van der Waals surface area (Å²) < 4.78 is 0. The molecule has 1 atom stereocenters. The van der Waals surface area contributed by atoms with Crippen LogP contribution in [0.4, 0.5) is 0 Å². The Balaban J connectivity index is 1.43. The fourth-order valence-corrected chi connectivity index (χ4v) is 4.02. The molecule has 2 amide bonds. The van der Waals surface area contributed by atoms with Gasteiger partial charge >= 0.3 is 0 Å². The van der Waals surface area contributed by atoms with E-state index in [9.17, 15) is 9.59 Å². The molecule has 3 fully saturated rings. The maximum atomic E-state index is 12.3. The highest BCUT2D eigenvalue weighted by atomic mass is 16.2. The molecular formula is C18H31N3O2. The minimum absolute atomic E-state index is 0.308. The average molecular weight is 321 g/mol. The summed E-state index contributed by atoms with van der Waals surface area (Å²) in [5, 5.41) is 0. The Hall–Kier alpha value is -1.10. The number of carbonyl (C=O) groups is 2. The quantitative estimate of drug-likeness (QED) is 0.789. The number of carbonyl (C=O) groups excluding carboxylic acids is 2. The number of rotatable bonds is 4. The molecule has 3 rings (SSSR count). The molecule has 0 N–H and O–H groups in total. The number of piperidine rings is 1. The Kier molecular flexibility index (Phi) is 5.24. The summed E-state index contributed by atoms with van der Waals surface area (Å²) in [6.07, 6.45) is 5.13. The molecule has 2 aliphatic heterocycles. The Morgan fingerprint density at radius 1 is 1.13 bits per heavy atom. The molecule has 5 nitrogen and oxygen atoms in total. The van der Waals surface area contributed by atoms with E-state index in [1.165, 1.54) is 6.42 Å². The molecule has 130 valence electrons. The highest BCUT2D eigenvalue weighted by Crippen LogP contribution is 2.28. The van der Waals surface area contributed by atoms with Crippen LogP contribution in [0.2, 0.25) is 0 Å². The summed E-state index contributed by atoms with van der Waals surface area (Å²) >= 11 is 0. The number of likely N-dealkylation sites (tertiary alicyclic amines) is 1. The fraction of sp³-hybridized carbons (Fsp3) is 0.889. The first kappa shape index (κ1) is 16.7. The largest absolute Gasteiger partial charge is 0.340 e. The SMILES string of the molecule is CC(C)N1CC(CN2CCN(C(=O)C3CCC3)CC2)CCC1=O. The Morgan fingerprint density at radius 3 is 2.39 bits per heavy atom. The average Bonchev–Trinajstić information content (AvgIpc) is 2.48. The third kappa shape index (κ3) is 3.87. The van der Waals surface area contributed by atoms with Crippen LogP contribution < -0.4 is 0 Å². The molecule has 2 heterocycles. The Morgan fingerprint density at radius 2 is 1.83 bits per heavy atom. The third-order valence-electron chi connectivity index (χ3n) is 5.82. The zero-order chi connectivity index (χ0) is 16.4. The van der Waals surface area contributed by atoms with Gasteiger partial charge < -0.3 is 9.80 Å². The van der Waals surface area contributed by atoms with E-state index in [1.54, 1.807) is 0 Å². The smallest absolute Gasteiger partial charge is 0.225 e. The topological polar surface area (TPSA) is 43.9 Å². The van der Waals surface area contributed by atoms with Crippen LogP contribution in [-0.4, -0.2) is 71.8 Å². The monoisotopic (exact) mass is 321 g/mol. The van der Waals surface area contributed by atoms with Gasteiger partial charge in [-0.3, -0.25) is 14.5 Å². The van der Waals surface area contributed by atoms with E-state index in [0.717, 1.165) is 58.5 Å². The molecule has 0 radical (unpaired) electrons. The normalized spacial score (nSPS) is 27.4. The molecule has 0 aromatic heterocycles. The second-order valence-electron chi connectivity index (χ2n) is 7.80. The van der Waals surface area contributed by atoms with Gasteiger partial charge in [0.25, 0.3) is 0 Å². The van der Waals surface area contributed by atoms with Crippen molar-refractivity contribution in [2.45, 2.75) is 52.0 Å². The van der Waals surface area contributed by atoms with Gasteiger partial charge in [-0.15, -0.1) is 0 Å². The van der Waals surface area contributed by atoms with Gasteiger partial charge in [-0.25, -0.2) is 0 Å². The van der Waals surface area contributed by atoms with Gasteiger partial charge in [0.05, 0.1) is 0 Å². The molecule has 0 bridgehead atoms. The van der Waals surface area contributed by atoms with Crippen molar-refractivity contribution in [2.75, 3.05) is 39.3 Å². The van der Waals surface area contributed by atoms with Gasteiger partial charge in [-0.2, -0.15) is 0 Å². The minimum atomic E-state index is 0.308. The van der Waals surface area contributed by atoms with E-state index in [-0.39, 0.29) is 0 Å². The lowest BCUT2D eigenvalue weighted by atomic mass is 9.84. The van der Waals surface area contributed by atoms with Crippen LogP contribution >= 0.6 is 0 Å². The summed E-state index contributed by atoms with van der Waals surface area (Å²) in [5.74, 6) is 1.62. The van der Waals surface area contributed by atoms with Crippen LogP contribution in [0.25, 0.3) is 0 Å². The first-order valence-corrected chi connectivity index (χ1v) is 9.35. The lowest BCUT2D eigenvalue weighted by Gasteiger charge is -2.41. The van der Waals surface area contributed by atoms with E-state index in [1.807, 2.05) is 4.90 Å². The lowest BCUT2D eigenvalue weighted by molar-refractivity contribution is -0.141. The second kappa shape index (κ2) is 7.20. The molecule has 0 aromatic carbocycles. The van der Waals surface area contributed by atoms with Gasteiger partial charge in [0.15, 0.2) is 0 Å². The van der Waals surface area contributed by atoms with E-state index in [4.69, 9.17) is 0 Å². The molecule has 3 aliphatic rings.